The van der Waals surface area contributed by atoms with Gasteiger partial charge in [0.05, 0.1) is 0 Å². The lowest BCUT2D eigenvalue weighted by molar-refractivity contribution is 0.0942. The van der Waals surface area contributed by atoms with E-state index < -0.39 is 0 Å². The summed E-state index contributed by atoms with van der Waals surface area (Å²) in [6.45, 7) is 4.40. The van der Waals surface area contributed by atoms with E-state index in [1.165, 1.54) is 24.0 Å². The zero-order valence-corrected chi connectivity index (χ0v) is 12.4. The van der Waals surface area contributed by atoms with Crippen molar-refractivity contribution in [3.63, 3.8) is 0 Å². The third-order valence-corrected chi connectivity index (χ3v) is 5.84. The summed E-state index contributed by atoms with van der Waals surface area (Å²) in [6.07, 6.45) is 9.20. The fraction of sp³-hybridized carbons (Fsp3) is 0.526. The lowest BCUT2D eigenvalue weighted by Crippen LogP contribution is -2.37. The molecule has 104 valence electrons. The van der Waals surface area contributed by atoms with Crippen molar-refractivity contribution in [1.29, 1.82) is 0 Å². The Morgan fingerprint density at radius 3 is 2.75 bits per heavy atom. The van der Waals surface area contributed by atoms with E-state index in [9.17, 15) is 4.79 Å². The Kier molecular flexibility index (Phi) is 2.52. The van der Waals surface area contributed by atoms with E-state index in [0.717, 1.165) is 24.3 Å². The summed E-state index contributed by atoms with van der Waals surface area (Å²) in [5.41, 5.74) is 3.98. The highest BCUT2D eigenvalue weighted by atomic mass is 16.1. The largest absolute Gasteiger partial charge is 0.294 e. The van der Waals surface area contributed by atoms with Crippen LogP contribution in [0.15, 0.2) is 30.4 Å². The van der Waals surface area contributed by atoms with Crippen molar-refractivity contribution in [1.82, 2.24) is 0 Å². The second-order valence-corrected chi connectivity index (χ2v) is 7.20. The van der Waals surface area contributed by atoms with Crippen LogP contribution in [0, 0.1) is 11.8 Å². The lowest BCUT2D eigenvalue weighted by Gasteiger charge is -2.41. The third kappa shape index (κ3) is 1.47. The Balaban J connectivity index is 1.93. The van der Waals surface area contributed by atoms with E-state index in [1.807, 2.05) is 0 Å². The van der Waals surface area contributed by atoms with Gasteiger partial charge in [-0.1, -0.05) is 44.2 Å². The van der Waals surface area contributed by atoms with Gasteiger partial charge in [0.25, 0.3) is 0 Å². The van der Waals surface area contributed by atoms with Crippen LogP contribution in [0.2, 0.25) is 0 Å². The maximum atomic E-state index is 12.5. The summed E-state index contributed by atoms with van der Waals surface area (Å²) in [5.74, 6) is 2.23. The monoisotopic (exact) mass is 266 g/mol. The normalized spacial score (nSPS) is 34.2. The van der Waals surface area contributed by atoms with Crippen molar-refractivity contribution in [2.24, 2.45) is 11.8 Å². The molecule has 0 aromatic heterocycles. The first-order chi connectivity index (χ1) is 9.62. The van der Waals surface area contributed by atoms with Crippen molar-refractivity contribution in [2.75, 3.05) is 0 Å². The number of ketones is 1. The fourth-order valence-corrected chi connectivity index (χ4v) is 4.93. The molecule has 1 aromatic rings. The third-order valence-electron chi connectivity index (χ3n) is 5.84. The first kappa shape index (κ1) is 12.4. The van der Waals surface area contributed by atoms with Gasteiger partial charge in [0, 0.05) is 17.4 Å². The molecule has 1 saturated carbocycles. The van der Waals surface area contributed by atoms with E-state index in [2.05, 4.69) is 44.2 Å². The van der Waals surface area contributed by atoms with Crippen molar-refractivity contribution in [3.05, 3.63) is 47.0 Å². The average molecular weight is 266 g/mol. The van der Waals surface area contributed by atoms with Gasteiger partial charge in [-0.2, -0.15) is 0 Å². The Morgan fingerprint density at radius 2 is 2.10 bits per heavy atom. The van der Waals surface area contributed by atoms with Crippen molar-refractivity contribution in [2.45, 2.75) is 50.9 Å². The van der Waals surface area contributed by atoms with Crippen LogP contribution in [-0.4, -0.2) is 5.78 Å². The van der Waals surface area contributed by atoms with Crippen LogP contribution in [0.3, 0.4) is 0 Å². The topological polar surface area (TPSA) is 17.1 Å². The van der Waals surface area contributed by atoms with E-state index >= 15 is 0 Å². The summed E-state index contributed by atoms with van der Waals surface area (Å²) >= 11 is 0. The molecule has 3 aliphatic carbocycles. The van der Waals surface area contributed by atoms with Gasteiger partial charge < -0.3 is 0 Å². The molecule has 1 nitrogen and oxygen atoms in total. The van der Waals surface area contributed by atoms with Crippen molar-refractivity contribution in [3.8, 4) is 0 Å². The molecule has 4 rings (SSSR count). The minimum Gasteiger partial charge on any atom is -0.294 e. The molecule has 1 fully saturated rings. The molecule has 2 bridgehead atoms. The first-order valence-electron chi connectivity index (χ1n) is 7.97. The summed E-state index contributed by atoms with van der Waals surface area (Å²) in [6, 6.07) is 6.57. The van der Waals surface area contributed by atoms with Crippen LogP contribution in [0.1, 0.15) is 66.9 Å². The number of hydrogen-bond acceptors (Lipinski definition) is 1. The number of carbonyl (C=O) groups is 1. The van der Waals surface area contributed by atoms with E-state index in [0.29, 0.717) is 17.6 Å². The lowest BCUT2D eigenvalue weighted by atomic mass is 9.62. The highest BCUT2D eigenvalue weighted by Crippen LogP contribution is 2.58. The minimum absolute atomic E-state index is 0.271. The molecule has 0 amide bonds. The second-order valence-electron chi connectivity index (χ2n) is 7.20. The predicted molar refractivity (Wildman–Crippen MR) is 81.1 cm³/mol. The molecule has 1 spiro atoms. The average Bonchev–Trinajstić information content (AvgIpc) is 3.04. The summed E-state index contributed by atoms with van der Waals surface area (Å²) in [4.78, 5) is 12.5. The molecule has 0 aliphatic heterocycles. The SMILES string of the molecule is CC(C)c1cccc2c1C(=O)CCC21CC2C=CC1C2. The zero-order valence-electron chi connectivity index (χ0n) is 12.4. The van der Waals surface area contributed by atoms with Crippen LogP contribution in [-0.2, 0) is 5.41 Å². The van der Waals surface area contributed by atoms with Crippen molar-refractivity contribution >= 4 is 5.78 Å². The Labute approximate surface area is 121 Å². The number of rotatable bonds is 1. The molecule has 3 aliphatic rings. The van der Waals surface area contributed by atoms with Crippen LogP contribution in [0.4, 0.5) is 0 Å². The number of benzene rings is 1. The zero-order chi connectivity index (χ0) is 13.9. The van der Waals surface area contributed by atoms with E-state index in [1.54, 1.807) is 0 Å². The maximum Gasteiger partial charge on any atom is 0.163 e. The van der Waals surface area contributed by atoms with Gasteiger partial charge in [-0.25, -0.2) is 0 Å². The molecule has 3 atom stereocenters. The number of Topliss-reactive ketones (excluding diaryl/α,β-unsaturated/α-hetero) is 1. The molecule has 0 saturated heterocycles. The summed E-state index contributed by atoms with van der Waals surface area (Å²) < 4.78 is 0. The molecule has 0 heterocycles. The molecule has 1 heteroatoms. The highest BCUT2D eigenvalue weighted by Gasteiger charge is 2.52. The van der Waals surface area contributed by atoms with Gasteiger partial charge >= 0.3 is 0 Å². The maximum absolute atomic E-state index is 12.5. The minimum atomic E-state index is 0.271. The highest BCUT2D eigenvalue weighted by molar-refractivity contribution is 6.00. The number of fused-ring (bicyclic) bond motifs is 5. The van der Waals surface area contributed by atoms with E-state index in [-0.39, 0.29) is 5.41 Å². The molecule has 3 unspecified atom stereocenters. The molecule has 20 heavy (non-hydrogen) atoms. The van der Waals surface area contributed by atoms with E-state index in [4.69, 9.17) is 0 Å². The second kappa shape index (κ2) is 4.07. The molecular weight excluding hydrogens is 244 g/mol. The number of hydrogen-bond donors (Lipinski definition) is 0. The molecule has 0 N–H and O–H groups in total. The van der Waals surface area contributed by atoms with Crippen LogP contribution in [0.25, 0.3) is 0 Å². The Morgan fingerprint density at radius 1 is 1.25 bits per heavy atom. The van der Waals surface area contributed by atoms with Crippen LogP contribution in [0.5, 0.6) is 0 Å². The van der Waals surface area contributed by atoms with Gasteiger partial charge in [-0.15, -0.1) is 0 Å². The molecular formula is C19H22O. The Hall–Kier alpha value is -1.37. The molecule has 1 aromatic carbocycles. The number of carbonyl (C=O) groups excluding carboxylic acids is 1. The van der Waals surface area contributed by atoms with Crippen molar-refractivity contribution < 1.29 is 4.79 Å². The van der Waals surface area contributed by atoms with Gasteiger partial charge in [0.15, 0.2) is 5.78 Å². The Bertz CT molecular complexity index is 610. The van der Waals surface area contributed by atoms with Crippen LogP contribution < -0.4 is 0 Å². The predicted octanol–water partition coefficient (Wildman–Crippen LogP) is 4.62. The smallest absolute Gasteiger partial charge is 0.163 e. The van der Waals surface area contributed by atoms with Gasteiger partial charge in [-0.3, -0.25) is 4.79 Å². The molecule has 0 radical (unpaired) electrons. The fourth-order valence-electron chi connectivity index (χ4n) is 4.93. The quantitative estimate of drug-likeness (QED) is 0.678. The van der Waals surface area contributed by atoms with Gasteiger partial charge in [0.1, 0.15) is 0 Å². The summed E-state index contributed by atoms with van der Waals surface area (Å²) in [7, 11) is 0. The standard InChI is InChI=1S/C19H22O/c1-12(2)15-4-3-5-16-18(15)17(20)8-9-19(16)11-13-6-7-14(19)10-13/h3-7,12-14H,8-11H2,1-2H3. The first-order valence-corrected chi connectivity index (χ1v) is 7.97. The summed E-state index contributed by atoms with van der Waals surface area (Å²) in [5, 5.41) is 0. The van der Waals surface area contributed by atoms with Gasteiger partial charge in [-0.05, 0) is 48.1 Å². The number of allylic oxidation sites excluding steroid dienone is 2. The van der Waals surface area contributed by atoms with Crippen LogP contribution >= 0.6 is 0 Å². The van der Waals surface area contributed by atoms with Gasteiger partial charge in [0.2, 0.25) is 0 Å².